The van der Waals surface area contributed by atoms with Crippen molar-refractivity contribution in [2.24, 2.45) is 0 Å². The summed E-state index contributed by atoms with van der Waals surface area (Å²) < 4.78 is 5.67. The smallest absolute Gasteiger partial charge is 0.142 e. The number of piperazine rings is 1. The van der Waals surface area contributed by atoms with Crippen molar-refractivity contribution in [2.75, 3.05) is 51.2 Å². The van der Waals surface area contributed by atoms with Crippen molar-refractivity contribution < 1.29 is 4.74 Å². The lowest BCUT2D eigenvalue weighted by Crippen LogP contribution is -2.50. The third-order valence-electron chi connectivity index (χ3n) is 5.03. The van der Waals surface area contributed by atoms with Gasteiger partial charge in [0.2, 0.25) is 0 Å². The van der Waals surface area contributed by atoms with E-state index in [1.54, 1.807) is 0 Å². The second kappa shape index (κ2) is 7.34. The van der Waals surface area contributed by atoms with Crippen LogP contribution in [0.4, 0.5) is 5.69 Å². The molecule has 3 rings (SSSR count). The minimum absolute atomic E-state index is 0.654. The van der Waals surface area contributed by atoms with Crippen LogP contribution in [0.15, 0.2) is 18.2 Å². The van der Waals surface area contributed by atoms with Crippen LogP contribution in [0.3, 0.4) is 0 Å². The van der Waals surface area contributed by atoms with E-state index in [1.165, 1.54) is 44.7 Å². The number of ether oxygens (including phenoxy) is 1. The van der Waals surface area contributed by atoms with Crippen LogP contribution in [-0.2, 0) is 6.42 Å². The van der Waals surface area contributed by atoms with Crippen LogP contribution in [0, 0.1) is 0 Å². The molecule has 0 saturated carbocycles. The SMILES string of the molecule is CCC(Cc1ccc2c(c1)NCCO2)N1CCN(CC)CC1. The van der Waals surface area contributed by atoms with E-state index in [4.69, 9.17) is 4.74 Å². The highest BCUT2D eigenvalue weighted by Gasteiger charge is 2.22. The lowest BCUT2D eigenvalue weighted by molar-refractivity contribution is 0.0970. The summed E-state index contributed by atoms with van der Waals surface area (Å²) in [5.41, 5.74) is 2.58. The number of hydrogen-bond donors (Lipinski definition) is 1. The third-order valence-corrected chi connectivity index (χ3v) is 5.03. The summed E-state index contributed by atoms with van der Waals surface area (Å²) >= 11 is 0. The maximum atomic E-state index is 5.67. The number of hydrogen-bond acceptors (Lipinski definition) is 4. The molecule has 122 valence electrons. The molecular weight excluding hydrogens is 274 g/mol. The van der Waals surface area contributed by atoms with Crippen LogP contribution in [0.5, 0.6) is 5.75 Å². The predicted octanol–water partition coefficient (Wildman–Crippen LogP) is 2.45. The number of likely N-dealkylation sites (N-methyl/N-ethyl adjacent to an activating group) is 1. The summed E-state index contributed by atoms with van der Waals surface area (Å²) in [6.07, 6.45) is 2.35. The highest BCUT2D eigenvalue weighted by molar-refractivity contribution is 5.59. The van der Waals surface area contributed by atoms with E-state index < -0.39 is 0 Å². The number of nitrogens with one attached hydrogen (secondary N) is 1. The molecule has 1 saturated heterocycles. The van der Waals surface area contributed by atoms with E-state index in [-0.39, 0.29) is 0 Å². The van der Waals surface area contributed by atoms with E-state index in [0.29, 0.717) is 6.04 Å². The van der Waals surface area contributed by atoms with Crippen LogP contribution in [0.1, 0.15) is 25.8 Å². The van der Waals surface area contributed by atoms with Gasteiger partial charge in [-0.1, -0.05) is 19.9 Å². The molecule has 1 N–H and O–H groups in total. The van der Waals surface area contributed by atoms with Crippen LogP contribution in [-0.4, -0.2) is 61.7 Å². The molecule has 4 heteroatoms. The summed E-state index contributed by atoms with van der Waals surface area (Å²) in [6, 6.07) is 7.29. The normalized spacial score (nSPS) is 20.8. The first-order chi connectivity index (χ1) is 10.8. The average Bonchev–Trinajstić information content (AvgIpc) is 2.59. The Bertz CT molecular complexity index is 483. The molecular formula is C18H29N3O. The van der Waals surface area contributed by atoms with Crippen LogP contribution in [0.2, 0.25) is 0 Å². The summed E-state index contributed by atoms with van der Waals surface area (Å²) in [6.45, 7) is 12.3. The number of rotatable bonds is 5. The largest absolute Gasteiger partial charge is 0.490 e. The first-order valence-corrected chi connectivity index (χ1v) is 8.76. The van der Waals surface area contributed by atoms with Gasteiger partial charge in [-0.25, -0.2) is 0 Å². The molecule has 1 aromatic rings. The Hall–Kier alpha value is -1.26. The van der Waals surface area contributed by atoms with E-state index in [9.17, 15) is 0 Å². The van der Waals surface area contributed by atoms with Crippen LogP contribution >= 0.6 is 0 Å². The quantitative estimate of drug-likeness (QED) is 0.904. The lowest BCUT2D eigenvalue weighted by Gasteiger charge is -2.39. The Kier molecular flexibility index (Phi) is 5.21. The molecule has 2 aliphatic heterocycles. The molecule has 2 aliphatic rings. The van der Waals surface area contributed by atoms with Crippen LogP contribution < -0.4 is 10.1 Å². The molecule has 0 radical (unpaired) electrons. The molecule has 1 atom stereocenters. The number of anilines is 1. The third kappa shape index (κ3) is 3.55. The topological polar surface area (TPSA) is 27.7 Å². The number of nitrogens with zero attached hydrogens (tertiary/aromatic N) is 2. The molecule has 0 spiro atoms. The second-order valence-electron chi connectivity index (χ2n) is 6.34. The summed E-state index contributed by atoms with van der Waals surface area (Å²) in [5, 5.41) is 3.44. The van der Waals surface area contributed by atoms with Gasteiger partial charge in [0.05, 0.1) is 5.69 Å². The summed E-state index contributed by atoms with van der Waals surface area (Å²) in [4.78, 5) is 5.22. The van der Waals surface area contributed by atoms with Crippen molar-refractivity contribution in [3.63, 3.8) is 0 Å². The van der Waals surface area contributed by atoms with Crippen molar-refractivity contribution in [3.8, 4) is 5.75 Å². The Morgan fingerprint density at radius 1 is 1.18 bits per heavy atom. The highest BCUT2D eigenvalue weighted by Crippen LogP contribution is 2.29. The zero-order chi connectivity index (χ0) is 15.4. The minimum Gasteiger partial charge on any atom is -0.490 e. The fourth-order valence-corrected chi connectivity index (χ4v) is 3.56. The van der Waals surface area contributed by atoms with Gasteiger partial charge in [-0.15, -0.1) is 0 Å². The molecule has 0 aromatic heterocycles. The Balaban J connectivity index is 1.63. The molecule has 0 amide bonds. The highest BCUT2D eigenvalue weighted by atomic mass is 16.5. The zero-order valence-electron chi connectivity index (χ0n) is 14.0. The standard InChI is InChI=1S/C18H29N3O/c1-3-16(21-10-8-20(4-2)9-11-21)13-15-5-6-18-17(14-15)19-7-12-22-18/h5-6,14,16,19H,3-4,7-13H2,1-2H3. The van der Waals surface area contributed by atoms with E-state index in [1.807, 2.05) is 0 Å². The second-order valence-corrected chi connectivity index (χ2v) is 6.34. The van der Waals surface area contributed by atoms with Crippen molar-refractivity contribution in [1.82, 2.24) is 9.80 Å². The van der Waals surface area contributed by atoms with Gasteiger partial charge in [0.15, 0.2) is 0 Å². The molecule has 1 aromatic carbocycles. The monoisotopic (exact) mass is 303 g/mol. The number of benzene rings is 1. The van der Waals surface area contributed by atoms with Crippen LogP contribution in [0.25, 0.3) is 0 Å². The predicted molar refractivity (Wildman–Crippen MR) is 91.9 cm³/mol. The van der Waals surface area contributed by atoms with Crippen molar-refractivity contribution in [1.29, 1.82) is 0 Å². The molecule has 0 bridgehead atoms. The maximum absolute atomic E-state index is 5.67. The fraction of sp³-hybridized carbons (Fsp3) is 0.667. The molecule has 0 aliphatic carbocycles. The summed E-state index contributed by atoms with van der Waals surface area (Å²) in [7, 11) is 0. The van der Waals surface area contributed by atoms with Gasteiger partial charge in [-0.3, -0.25) is 4.90 Å². The van der Waals surface area contributed by atoms with E-state index in [2.05, 4.69) is 47.2 Å². The van der Waals surface area contributed by atoms with Gasteiger partial charge < -0.3 is 15.0 Å². The maximum Gasteiger partial charge on any atom is 0.142 e. The molecule has 2 heterocycles. The molecule has 1 unspecified atom stereocenters. The molecule has 4 nitrogen and oxygen atoms in total. The Morgan fingerprint density at radius 3 is 2.73 bits per heavy atom. The van der Waals surface area contributed by atoms with E-state index >= 15 is 0 Å². The lowest BCUT2D eigenvalue weighted by atomic mass is 10.0. The first kappa shape index (κ1) is 15.6. The Morgan fingerprint density at radius 2 is 2.00 bits per heavy atom. The van der Waals surface area contributed by atoms with Gasteiger partial charge >= 0.3 is 0 Å². The van der Waals surface area contributed by atoms with Gasteiger partial charge in [-0.05, 0) is 37.1 Å². The average molecular weight is 303 g/mol. The summed E-state index contributed by atoms with van der Waals surface area (Å²) in [5.74, 6) is 1.000. The van der Waals surface area contributed by atoms with Crippen molar-refractivity contribution in [3.05, 3.63) is 23.8 Å². The fourth-order valence-electron chi connectivity index (χ4n) is 3.56. The molecule has 1 fully saturated rings. The van der Waals surface area contributed by atoms with E-state index in [0.717, 1.165) is 31.0 Å². The first-order valence-electron chi connectivity index (χ1n) is 8.76. The zero-order valence-corrected chi connectivity index (χ0v) is 14.0. The van der Waals surface area contributed by atoms with Gasteiger partial charge in [0.1, 0.15) is 12.4 Å². The minimum atomic E-state index is 0.654. The van der Waals surface area contributed by atoms with Crippen molar-refractivity contribution >= 4 is 5.69 Å². The Labute approximate surface area is 134 Å². The van der Waals surface area contributed by atoms with Gasteiger partial charge in [-0.2, -0.15) is 0 Å². The van der Waals surface area contributed by atoms with Crippen molar-refractivity contribution in [2.45, 2.75) is 32.7 Å². The number of fused-ring (bicyclic) bond motifs is 1. The van der Waals surface area contributed by atoms with Gasteiger partial charge in [0.25, 0.3) is 0 Å². The van der Waals surface area contributed by atoms with Gasteiger partial charge in [0, 0.05) is 38.8 Å². The molecule has 22 heavy (non-hydrogen) atoms.